The van der Waals surface area contributed by atoms with Crippen LogP contribution in [-0.4, -0.2) is 42.2 Å². The Morgan fingerprint density at radius 3 is 1.83 bits per heavy atom. The second kappa shape index (κ2) is 5.82. The van der Waals surface area contributed by atoms with Crippen LogP contribution in [0.25, 0.3) is 0 Å². The van der Waals surface area contributed by atoms with Crippen LogP contribution in [-0.2, 0) is 10.8 Å². The number of β-amino-alcohol motifs (C(OH)–C–C–N with tert-alkyl or cyclic N) is 1. The SMILES string of the molecule is COc1c(C(C)(C)C)cc(C(=O)N2CC(O)C2)cc1C(C)(C)C. The van der Waals surface area contributed by atoms with Crippen molar-refractivity contribution in [2.45, 2.75) is 58.5 Å². The number of hydrogen-bond donors (Lipinski definition) is 1. The van der Waals surface area contributed by atoms with Crippen LogP contribution in [0.15, 0.2) is 12.1 Å². The zero-order chi connectivity index (χ0) is 17.6. The van der Waals surface area contributed by atoms with Gasteiger partial charge < -0.3 is 14.7 Å². The quantitative estimate of drug-likeness (QED) is 0.911. The number of carbonyl (C=O) groups is 1. The molecule has 0 aliphatic carbocycles. The third-order valence-electron chi connectivity index (χ3n) is 4.31. The number of aliphatic hydroxyl groups excluding tert-OH is 1. The van der Waals surface area contributed by atoms with Crippen molar-refractivity contribution in [1.29, 1.82) is 0 Å². The molecule has 0 spiro atoms. The highest BCUT2D eigenvalue weighted by Crippen LogP contribution is 2.40. The standard InChI is InChI=1S/C19H29NO3/c1-18(2,3)14-8-12(17(22)20-10-13(21)11-20)9-15(16(14)23-7)19(4,5)6/h8-9,13,21H,10-11H2,1-7H3. The molecule has 0 bridgehead atoms. The minimum atomic E-state index is -0.388. The third-order valence-corrected chi connectivity index (χ3v) is 4.31. The molecular formula is C19H29NO3. The van der Waals surface area contributed by atoms with Gasteiger partial charge in [-0.05, 0) is 23.0 Å². The molecule has 0 atom stereocenters. The second-order valence-electron chi connectivity index (χ2n) is 8.47. The Bertz CT molecular complexity index is 567. The Kier molecular flexibility index (Phi) is 4.51. The molecule has 1 N–H and O–H groups in total. The highest BCUT2D eigenvalue weighted by Gasteiger charge is 2.33. The number of hydrogen-bond acceptors (Lipinski definition) is 3. The Morgan fingerprint density at radius 2 is 1.52 bits per heavy atom. The van der Waals surface area contributed by atoms with Crippen molar-refractivity contribution < 1.29 is 14.6 Å². The Balaban J connectivity index is 2.58. The number of aliphatic hydroxyl groups is 1. The van der Waals surface area contributed by atoms with E-state index in [9.17, 15) is 9.90 Å². The second-order valence-corrected chi connectivity index (χ2v) is 8.47. The van der Waals surface area contributed by atoms with Gasteiger partial charge in [-0.25, -0.2) is 0 Å². The fraction of sp³-hybridized carbons (Fsp3) is 0.632. The van der Waals surface area contributed by atoms with Crippen molar-refractivity contribution in [3.05, 3.63) is 28.8 Å². The van der Waals surface area contributed by atoms with Crippen molar-refractivity contribution in [3.8, 4) is 5.75 Å². The molecule has 1 aliphatic rings. The molecule has 1 saturated heterocycles. The first-order valence-electron chi connectivity index (χ1n) is 8.15. The van der Waals surface area contributed by atoms with E-state index in [0.29, 0.717) is 18.7 Å². The summed E-state index contributed by atoms with van der Waals surface area (Å²) in [5.74, 6) is 0.846. The summed E-state index contributed by atoms with van der Waals surface area (Å²) in [4.78, 5) is 14.4. The van der Waals surface area contributed by atoms with Gasteiger partial charge in [-0.1, -0.05) is 41.5 Å². The van der Waals surface area contributed by atoms with Crippen LogP contribution in [0.2, 0.25) is 0 Å². The lowest BCUT2D eigenvalue weighted by Gasteiger charge is -2.37. The van der Waals surface area contributed by atoms with Crippen LogP contribution in [0.5, 0.6) is 5.75 Å². The molecule has 1 aromatic rings. The van der Waals surface area contributed by atoms with E-state index in [0.717, 1.165) is 16.9 Å². The van der Waals surface area contributed by atoms with Crippen LogP contribution in [0.3, 0.4) is 0 Å². The van der Waals surface area contributed by atoms with E-state index >= 15 is 0 Å². The zero-order valence-corrected chi connectivity index (χ0v) is 15.4. The first-order valence-corrected chi connectivity index (χ1v) is 8.15. The summed E-state index contributed by atoms with van der Waals surface area (Å²) >= 11 is 0. The molecule has 4 nitrogen and oxygen atoms in total. The van der Waals surface area contributed by atoms with Gasteiger partial charge in [0.15, 0.2) is 0 Å². The summed E-state index contributed by atoms with van der Waals surface area (Å²) in [6.45, 7) is 13.6. The van der Waals surface area contributed by atoms with Gasteiger partial charge in [0, 0.05) is 29.8 Å². The Hall–Kier alpha value is -1.55. The molecule has 1 heterocycles. The van der Waals surface area contributed by atoms with Crippen LogP contribution in [0, 0.1) is 0 Å². The highest BCUT2D eigenvalue weighted by atomic mass is 16.5. The number of methoxy groups -OCH3 is 1. The lowest BCUT2D eigenvalue weighted by Crippen LogP contribution is -2.53. The van der Waals surface area contributed by atoms with E-state index in [4.69, 9.17) is 4.74 Å². The summed E-state index contributed by atoms with van der Waals surface area (Å²) < 4.78 is 5.72. The molecule has 0 unspecified atom stereocenters. The van der Waals surface area contributed by atoms with Crippen molar-refractivity contribution in [2.75, 3.05) is 20.2 Å². The van der Waals surface area contributed by atoms with Crippen molar-refractivity contribution >= 4 is 5.91 Å². The number of benzene rings is 1. The highest BCUT2D eigenvalue weighted by molar-refractivity contribution is 5.95. The molecule has 1 aromatic carbocycles. The summed E-state index contributed by atoms with van der Waals surface area (Å²) in [7, 11) is 1.69. The minimum Gasteiger partial charge on any atom is -0.496 e. The molecule has 23 heavy (non-hydrogen) atoms. The van der Waals surface area contributed by atoms with Gasteiger partial charge >= 0.3 is 0 Å². The number of rotatable bonds is 2. The Morgan fingerprint density at radius 1 is 1.09 bits per heavy atom. The van der Waals surface area contributed by atoms with Gasteiger partial charge in [0.2, 0.25) is 0 Å². The smallest absolute Gasteiger partial charge is 0.254 e. The number of likely N-dealkylation sites (tertiary alicyclic amines) is 1. The van der Waals surface area contributed by atoms with E-state index in [-0.39, 0.29) is 22.8 Å². The zero-order valence-electron chi connectivity index (χ0n) is 15.4. The molecule has 0 aromatic heterocycles. The van der Waals surface area contributed by atoms with E-state index < -0.39 is 0 Å². The molecule has 0 saturated carbocycles. The van der Waals surface area contributed by atoms with E-state index in [1.165, 1.54) is 0 Å². The van der Waals surface area contributed by atoms with E-state index in [2.05, 4.69) is 41.5 Å². The molecular weight excluding hydrogens is 290 g/mol. The minimum absolute atomic E-state index is 0.0195. The van der Waals surface area contributed by atoms with Crippen molar-refractivity contribution in [3.63, 3.8) is 0 Å². The lowest BCUT2D eigenvalue weighted by atomic mass is 9.78. The summed E-state index contributed by atoms with van der Waals surface area (Å²) in [6.07, 6.45) is -0.388. The number of carbonyl (C=O) groups excluding carboxylic acids is 1. The van der Waals surface area contributed by atoms with Gasteiger partial charge in [-0.3, -0.25) is 4.79 Å². The molecule has 2 rings (SSSR count). The molecule has 4 heteroatoms. The number of ether oxygens (including phenoxy) is 1. The predicted molar refractivity (Wildman–Crippen MR) is 92.3 cm³/mol. The normalized spacial score (nSPS) is 16.3. The van der Waals surface area contributed by atoms with Crippen LogP contribution in [0.1, 0.15) is 63.0 Å². The average Bonchev–Trinajstić information content (AvgIpc) is 2.39. The number of nitrogens with zero attached hydrogens (tertiary/aromatic N) is 1. The maximum Gasteiger partial charge on any atom is 0.254 e. The molecule has 1 amide bonds. The number of amides is 1. The third kappa shape index (κ3) is 3.52. The summed E-state index contributed by atoms with van der Waals surface area (Å²) in [5.41, 5.74) is 2.49. The monoisotopic (exact) mass is 319 g/mol. The van der Waals surface area contributed by atoms with Crippen molar-refractivity contribution in [1.82, 2.24) is 4.90 Å². The molecule has 0 radical (unpaired) electrons. The fourth-order valence-corrected chi connectivity index (χ4v) is 2.89. The van der Waals surface area contributed by atoms with Gasteiger partial charge in [0.25, 0.3) is 5.91 Å². The van der Waals surface area contributed by atoms with Gasteiger partial charge in [-0.2, -0.15) is 0 Å². The first-order chi connectivity index (χ1) is 10.4. The van der Waals surface area contributed by atoms with Crippen LogP contribution >= 0.6 is 0 Å². The summed E-state index contributed by atoms with van der Waals surface area (Å²) in [5, 5.41) is 9.45. The van der Waals surface area contributed by atoms with E-state index in [1.807, 2.05) is 12.1 Å². The van der Waals surface area contributed by atoms with E-state index in [1.54, 1.807) is 12.0 Å². The van der Waals surface area contributed by atoms with Gasteiger partial charge in [0.05, 0.1) is 13.2 Å². The molecule has 128 valence electrons. The van der Waals surface area contributed by atoms with Gasteiger partial charge in [0.1, 0.15) is 5.75 Å². The average molecular weight is 319 g/mol. The van der Waals surface area contributed by atoms with Crippen LogP contribution < -0.4 is 4.74 Å². The Labute approximate surface area is 139 Å². The van der Waals surface area contributed by atoms with Crippen LogP contribution in [0.4, 0.5) is 0 Å². The van der Waals surface area contributed by atoms with Crippen molar-refractivity contribution in [2.24, 2.45) is 0 Å². The predicted octanol–water partition coefficient (Wildman–Crippen LogP) is 3.11. The topological polar surface area (TPSA) is 49.8 Å². The lowest BCUT2D eigenvalue weighted by molar-refractivity contribution is 0.00587. The summed E-state index contributed by atoms with van der Waals surface area (Å²) in [6, 6.07) is 3.89. The maximum atomic E-state index is 12.7. The van der Waals surface area contributed by atoms with Gasteiger partial charge in [-0.15, -0.1) is 0 Å². The largest absolute Gasteiger partial charge is 0.496 e. The molecule has 1 aliphatic heterocycles. The molecule has 1 fully saturated rings. The fourth-order valence-electron chi connectivity index (χ4n) is 2.89. The first kappa shape index (κ1) is 17.8. The maximum absolute atomic E-state index is 12.7.